The second-order valence-electron chi connectivity index (χ2n) is 0.250. The molecule has 3 nitrogen and oxygen atoms in total. The fraction of sp³-hybridized carbons (Fsp3) is 0. The van der Waals surface area contributed by atoms with Gasteiger partial charge in [0.25, 0.3) is 0 Å². The van der Waals surface area contributed by atoms with Crippen molar-refractivity contribution < 1.29 is 14.1 Å². The van der Waals surface area contributed by atoms with E-state index in [2.05, 4.69) is 0 Å². The van der Waals surface area contributed by atoms with Crippen LogP contribution in [0.4, 0.5) is 0 Å². The number of hydrogen-bond donors (Lipinski definition) is 0. The smallest absolute Gasteiger partial charge is 0.672 e. The van der Waals surface area contributed by atoms with Crippen LogP contribution < -0.4 is 9.59 Å². The molecule has 0 saturated carbocycles. The minimum atomic E-state index is -3.63. The Balaban J connectivity index is -0.0000000150. The monoisotopic (exact) mass is 326 g/mol. The summed E-state index contributed by atoms with van der Waals surface area (Å²) in [5, 5.41) is 0. The van der Waals surface area contributed by atoms with Gasteiger partial charge in [0.2, 0.25) is 0 Å². The molecule has 0 heterocycles. The average molecular weight is 325 g/mol. The van der Waals surface area contributed by atoms with Gasteiger partial charge in [-0.3, -0.25) is 0 Å². The average Bonchev–Trinajstić information content (AvgIpc) is 0.811. The summed E-state index contributed by atoms with van der Waals surface area (Å²) >= 11 is 0. The molecule has 0 aromatic heterocycles. The van der Waals surface area contributed by atoms with Gasteiger partial charge in [0, 0.05) is 9.17 Å². The van der Waals surface area contributed by atoms with Gasteiger partial charge in [-0.25, -0.2) is 0 Å². The Kier molecular flexibility index (Phi) is 52.0. The summed E-state index contributed by atoms with van der Waals surface area (Å²) < 4.78 is 8.52. The second kappa shape index (κ2) is 16.2. The Labute approximate surface area is 137 Å². The molecular weight excluding hydrogens is 325 g/mol. The molecule has 0 bridgehead atoms. The van der Waals surface area contributed by atoms with Crippen LogP contribution in [0.3, 0.4) is 0 Å². The van der Waals surface area contributed by atoms with E-state index >= 15 is 0 Å². The molecule has 7 heavy (non-hydrogen) atoms. The van der Waals surface area contributed by atoms with Crippen molar-refractivity contribution in [1.29, 1.82) is 0 Å². The van der Waals surface area contributed by atoms with E-state index in [-0.39, 0.29) is 117 Å². The van der Waals surface area contributed by atoms with Gasteiger partial charge in [0.15, 0.2) is 0 Å². The fourth-order valence-corrected chi connectivity index (χ4v) is 0. The molecule has 0 atom stereocenters. The van der Waals surface area contributed by atoms with Gasteiger partial charge >= 0.3 is 117 Å². The van der Waals surface area contributed by atoms with Crippen molar-refractivity contribution in [1.82, 2.24) is 0 Å². The SMILES string of the molecule is O=[Si]([O-])[O-].[Ba+2].[Mg+2].[Sr+2]. The topological polar surface area (TPSA) is 63.2 Å². The van der Waals surface area contributed by atoms with Gasteiger partial charge in [-0.15, -0.1) is 0 Å². The van der Waals surface area contributed by atoms with E-state index in [4.69, 9.17) is 14.1 Å². The predicted molar refractivity (Wildman–Crippen MR) is 23.7 cm³/mol. The summed E-state index contributed by atoms with van der Waals surface area (Å²) in [6.45, 7) is 0. The zero-order valence-corrected chi connectivity index (χ0v) is 14.2. The van der Waals surface area contributed by atoms with E-state index in [0.29, 0.717) is 0 Å². The first kappa shape index (κ1) is 22.4. The standard InChI is InChI=1S/Ba.Mg.O3Si.Sr/c;;1-4(2)3;/q2*+2;-2;+2. The van der Waals surface area contributed by atoms with Crippen LogP contribution in [-0.4, -0.2) is 127 Å². The maximum Gasteiger partial charge on any atom is 2.00 e. The van der Waals surface area contributed by atoms with Crippen LogP contribution in [0.2, 0.25) is 0 Å². The van der Waals surface area contributed by atoms with Crippen molar-refractivity contribution in [2.24, 2.45) is 0 Å². The zero-order chi connectivity index (χ0) is 3.58. The van der Waals surface area contributed by atoms with Crippen LogP contribution in [0.1, 0.15) is 0 Å². The van der Waals surface area contributed by atoms with Crippen LogP contribution >= 0.6 is 0 Å². The van der Waals surface area contributed by atoms with Crippen molar-refractivity contribution >= 4 is 127 Å². The molecule has 0 aromatic rings. The molecule has 0 unspecified atom stereocenters. The molecular formula is BaMgO3SiSr+4. The quantitative estimate of drug-likeness (QED) is 0.426. The van der Waals surface area contributed by atoms with Gasteiger partial charge in [0.1, 0.15) is 0 Å². The van der Waals surface area contributed by atoms with E-state index in [1.807, 2.05) is 0 Å². The normalized spacial score (nSPS) is 3.43. The third-order valence-corrected chi connectivity index (χ3v) is 0. The van der Waals surface area contributed by atoms with Crippen LogP contribution in [0.25, 0.3) is 0 Å². The maximum absolute atomic E-state index is 8.52. The Hall–Kier alpha value is 3.44. The van der Waals surface area contributed by atoms with Crippen LogP contribution in [-0.2, 0) is 4.46 Å². The van der Waals surface area contributed by atoms with Crippen molar-refractivity contribution in [3.05, 3.63) is 0 Å². The van der Waals surface area contributed by atoms with E-state index in [9.17, 15) is 0 Å². The fourth-order valence-electron chi connectivity index (χ4n) is 0. The minimum absolute atomic E-state index is 0. The molecule has 0 saturated heterocycles. The first-order valence-electron chi connectivity index (χ1n) is 0.612. The molecule has 24 valence electrons. The Morgan fingerprint density at radius 3 is 1.29 bits per heavy atom. The molecule has 0 fully saturated rings. The first-order chi connectivity index (χ1) is 1.73. The Morgan fingerprint density at radius 2 is 1.29 bits per heavy atom. The van der Waals surface area contributed by atoms with Crippen molar-refractivity contribution in [3.63, 3.8) is 0 Å². The third-order valence-electron chi connectivity index (χ3n) is 0. The molecule has 0 rings (SSSR count). The molecule has 7 heteroatoms. The predicted octanol–water partition coefficient (Wildman–Crippen LogP) is -4.02. The maximum atomic E-state index is 8.52. The largest absolute Gasteiger partial charge is 2.00 e. The van der Waals surface area contributed by atoms with Gasteiger partial charge in [-0.1, -0.05) is 0 Å². The van der Waals surface area contributed by atoms with Crippen molar-refractivity contribution in [2.45, 2.75) is 0 Å². The number of rotatable bonds is 0. The van der Waals surface area contributed by atoms with Crippen molar-refractivity contribution in [3.8, 4) is 0 Å². The van der Waals surface area contributed by atoms with Crippen LogP contribution in [0.5, 0.6) is 0 Å². The summed E-state index contributed by atoms with van der Waals surface area (Å²) in [6, 6.07) is 0. The summed E-state index contributed by atoms with van der Waals surface area (Å²) in [6.07, 6.45) is 0. The first-order valence-corrected chi connectivity index (χ1v) is 1.84. The van der Waals surface area contributed by atoms with E-state index in [1.54, 1.807) is 0 Å². The Bertz CT molecular complexity index is 37.9. The van der Waals surface area contributed by atoms with E-state index in [0.717, 1.165) is 0 Å². The molecule has 0 N–H and O–H groups in total. The summed E-state index contributed by atoms with van der Waals surface area (Å²) in [4.78, 5) is 17.0. The molecule has 0 spiro atoms. The van der Waals surface area contributed by atoms with Gasteiger partial charge in [-0.05, 0) is 0 Å². The zero-order valence-electron chi connectivity index (χ0n) is 3.85. The molecule has 0 aliphatic heterocycles. The van der Waals surface area contributed by atoms with Gasteiger partial charge in [0.05, 0.1) is 0 Å². The number of hydrogen-bond acceptors (Lipinski definition) is 3. The molecule has 0 radical (unpaired) electrons. The van der Waals surface area contributed by atoms with E-state index < -0.39 is 9.17 Å². The second-order valence-corrected chi connectivity index (χ2v) is 0.750. The summed E-state index contributed by atoms with van der Waals surface area (Å²) in [5.74, 6) is 0. The summed E-state index contributed by atoms with van der Waals surface area (Å²) in [7, 11) is -3.63. The van der Waals surface area contributed by atoms with E-state index in [1.165, 1.54) is 0 Å². The molecule has 0 aliphatic carbocycles. The summed E-state index contributed by atoms with van der Waals surface area (Å²) in [5.41, 5.74) is 0. The molecule has 0 amide bonds. The van der Waals surface area contributed by atoms with Gasteiger partial charge < -0.3 is 14.1 Å². The van der Waals surface area contributed by atoms with Gasteiger partial charge in [-0.2, -0.15) is 0 Å². The van der Waals surface area contributed by atoms with Crippen molar-refractivity contribution in [2.75, 3.05) is 0 Å². The van der Waals surface area contributed by atoms with Crippen LogP contribution in [0, 0.1) is 0 Å². The minimum Gasteiger partial charge on any atom is -0.672 e. The molecule has 0 aromatic carbocycles. The van der Waals surface area contributed by atoms with Crippen LogP contribution in [0.15, 0.2) is 0 Å². The molecule has 0 aliphatic rings. The third kappa shape index (κ3) is 44.2. The Morgan fingerprint density at radius 1 is 1.29 bits per heavy atom.